The molecule has 4 nitrogen and oxygen atoms in total. The van der Waals surface area contributed by atoms with Crippen molar-refractivity contribution in [1.29, 1.82) is 0 Å². The molecule has 0 aliphatic rings. The topological polar surface area (TPSA) is 47.6 Å². The fourth-order valence-corrected chi connectivity index (χ4v) is 2.07. The molecule has 0 spiro atoms. The Morgan fingerprint density at radius 1 is 1.40 bits per heavy atom. The molecule has 5 heteroatoms. The van der Waals surface area contributed by atoms with E-state index in [2.05, 4.69) is 5.32 Å². The van der Waals surface area contributed by atoms with Gasteiger partial charge in [0.1, 0.15) is 17.1 Å². The van der Waals surface area contributed by atoms with Crippen LogP contribution >= 0.6 is 0 Å². The first-order valence-corrected chi connectivity index (χ1v) is 6.76. The smallest absolute Gasteiger partial charge is 0.330 e. The van der Waals surface area contributed by atoms with Gasteiger partial charge in [0.15, 0.2) is 0 Å². The number of ether oxygens (including phenoxy) is 2. The second kappa shape index (κ2) is 7.24. The summed E-state index contributed by atoms with van der Waals surface area (Å²) in [6.45, 7) is 6.10. The average Bonchev–Trinajstić information content (AvgIpc) is 2.44. The van der Waals surface area contributed by atoms with Gasteiger partial charge < -0.3 is 9.47 Å². The van der Waals surface area contributed by atoms with Gasteiger partial charge in [0.05, 0.1) is 19.3 Å². The van der Waals surface area contributed by atoms with Crippen molar-refractivity contribution in [1.82, 2.24) is 5.32 Å². The maximum Gasteiger partial charge on any atom is 0.330 e. The van der Waals surface area contributed by atoms with Crippen molar-refractivity contribution >= 4 is 5.97 Å². The van der Waals surface area contributed by atoms with Crippen LogP contribution in [0.4, 0.5) is 4.39 Å². The van der Waals surface area contributed by atoms with Crippen LogP contribution in [0.25, 0.3) is 0 Å². The van der Waals surface area contributed by atoms with Crippen LogP contribution in [0.15, 0.2) is 18.2 Å². The molecule has 0 radical (unpaired) electrons. The first-order valence-electron chi connectivity index (χ1n) is 6.76. The van der Waals surface area contributed by atoms with E-state index in [1.54, 1.807) is 26.0 Å². The summed E-state index contributed by atoms with van der Waals surface area (Å²) in [4.78, 5) is 12.3. The lowest BCUT2D eigenvalue weighted by Gasteiger charge is -2.30. The van der Waals surface area contributed by atoms with Crippen molar-refractivity contribution < 1.29 is 18.7 Å². The highest BCUT2D eigenvalue weighted by Crippen LogP contribution is 2.33. The molecule has 0 amide bonds. The van der Waals surface area contributed by atoms with Gasteiger partial charge in [-0.3, -0.25) is 5.32 Å². The van der Waals surface area contributed by atoms with Gasteiger partial charge in [-0.25, -0.2) is 9.18 Å². The number of methoxy groups -OCH3 is 1. The molecule has 1 N–H and O–H groups in total. The summed E-state index contributed by atoms with van der Waals surface area (Å²) in [6.07, 6.45) is 0.811. The highest BCUT2D eigenvalue weighted by molar-refractivity contribution is 5.83. The molecule has 1 aromatic rings. The van der Waals surface area contributed by atoms with Crippen molar-refractivity contribution in [2.75, 3.05) is 20.3 Å². The van der Waals surface area contributed by atoms with Crippen molar-refractivity contribution in [3.63, 3.8) is 0 Å². The summed E-state index contributed by atoms with van der Waals surface area (Å²) in [6, 6.07) is 4.48. The van der Waals surface area contributed by atoms with E-state index in [9.17, 15) is 9.18 Å². The Bertz CT molecular complexity index is 464. The number of hydrogen-bond acceptors (Lipinski definition) is 4. The number of halogens is 1. The largest absolute Gasteiger partial charge is 0.496 e. The third-order valence-electron chi connectivity index (χ3n) is 3.11. The normalized spacial score (nSPS) is 13.7. The molecular weight excluding hydrogens is 261 g/mol. The average molecular weight is 283 g/mol. The van der Waals surface area contributed by atoms with Crippen LogP contribution < -0.4 is 10.1 Å². The van der Waals surface area contributed by atoms with E-state index in [1.165, 1.54) is 13.2 Å². The second-order valence-corrected chi connectivity index (χ2v) is 4.59. The Labute approximate surface area is 119 Å². The van der Waals surface area contributed by atoms with Crippen molar-refractivity contribution in [2.24, 2.45) is 0 Å². The van der Waals surface area contributed by atoms with Gasteiger partial charge in [-0.15, -0.1) is 0 Å². The molecule has 1 rings (SSSR count). The molecule has 0 aliphatic heterocycles. The fourth-order valence-electron chi connectivity index (χ4n) is 2.07. The van der Waals surface area contributed by atoms with Crippen LogP contribution in [0.5, 0.6) is 5.75 Å². The molecule has 0 fully saturated rings. The Balaban J connectivity index is 3.33. The predicted molar refractivity (Wildman–Crippen MR) is 75.2 cm³/mol. The van der Waals surface area contributed by atoms with Gasteiger partial charge in [-0.2, -0.15) is 0 Å². The van der Waals surface area contributed by atoms with E-state index in [-0.39, 0.29) is 12.2 Å². The van der Waals surface area contributed by atoms with Gasteiger partial charge in [-0.05, 0) is 38.9 Å². The van der Waals surface area contributed by atoms with Crippen LogP contribution in [0.1, 0.15) is 32.8 Å². The summed E-state index contributed by atoms with van der Waals surface area (Å²) in [5, 5.41) is 3.07. The third kappa shape index (κ3) is 3.28. The van der Waals surface area contributed by atoms with Crippen LogP contribution in [-0.4, -0.2) is 26.2 Å². The zero-order chi connectivity index (χ0) is 15.2. The molecule has 1 aromatic carbocycles. The van der Waals surface area contributed by atoms with E-state index < -0.39 is 17.3 Å². The quantitative estimate of drug-likeness (QED) is 0.781. The minimum Gasteiger partial charge on any atom is -0.496 e. The Morgan fingerprint density at radius 3 is 2.65 bits per heavy atom. The molecule has 1 unspecified atom stereocenters. The van der Waals surface area contributed by atoms with Crippen molar-refractivity contribution in [2.45, 2.75) is 32.7 Å². The maximum atomic E-state index is 14.2. The van der Waals surface area contributed by atoms with Gasteiger partial charge in [0.25, 0.3) is 0 Å². The van der Waals surface area contributed by atoms with Crippen molar-refractivity contribution in [3.8, 4) is 5.75 Å². The second-order valence-electron chi connectivity index (χ2n) is 4.59. The Kier molecular flexibility index (Phi) is 5.95. The lowest BCUT2D eigenvalue weighted by Crippen LogP contribution is -2.48. The minimum atomic E-state index is -1.28. The predicted octanol–water partition coefficient (Wildman–Crippen LogP) is 2.61. The molecule has 0 aliphatic carbocycles. The van der Waals surface area contributed by atoms with Crippen molar-refractivity contribution in [3.05, 3.63) is 29.6 Å². The number of hydrogen-bond donors (Lipinski definition) is 1. The van der Waals surface area contributed by atoms with Gasteiger partial charge in [0, 0.05) is 0 Å². The summed E-state index contributed by atoms with van der Waals surface area (Å²) in [7, 11) is 1.45. The van der Waals surface area contributed by atoms with E-state index in [4.69, 9.17) is 9.47 Å². The molecular formula is C15H22FNO3. The fraction of sp³-hybridized carbons (Fsp3) is 0.533. The molecule has 0 aromatic heterocycles. The SMILES string of the molecule is CCCNC(C)(C(=O)OCC)c1c(F)cccc1OC. The van der Waals surface area contributed by atoms with Gasteiger partial charge in [0.2, 0.25) is 0 Å². The van der Waals surface area contributed by atoms with Crippen LogP contribution in [0.3, 0.4) is 0 Å². The monoisotopic (exact) mass is 283 g/mol. The van der Waals surface area contributed by atoms with Crippen LogP contribution in [0.2, 0.25) is 0 Å². The number of rotatable bonds is 7. The lowest BCUT2D eigenvalue weighted by atomic mass is 9.90. The van der Waals surface area contributed by atoms with E-state index in [0.717, 1.165) is 6.42 Å². The number of esters is 1. The summed E-state index contributed by atoms with van der Waals surface area (Å²) < 4.78 is 24.5. The van der Waals surface area contributed by atoms with E-state index >= 15 is 0 Å². The maximum absolute atomic E-state index is 14.2. The van der Waals surface area contributed by atoms with Crippen LogP contribution in [0, 0.1) is 5.82 Å². The highest BCUT2D eigenvalue weighted by Gasteiger charge is 2.40. The number of carbonyl (C=O) groups is 1. The molecule has 0 heterocycles. The summed E-state index contributed by atoms with van der Waals surface area (Å²) >= 11 is 0. The molecule has 0 bridgehead atoms. The number of carbonyl (C=O) groups excluding carboxylic acids is 1. The summed E-state index contributed by atoms with van der Waals surface area (Å²) in [5.41, 5.74) is -1.10. The molecule has 20 heavy (non-hydrogen) atoms. The first kappa shape index (κ1) is 16.4. The lowest BCUT2D eigenvalue weighted by molar-refractivity contribution is -0.151. The van der Waals surface area contributed by atoms with E-state index in [0.29, 0.717) is 12.3 Å². The first-order chi connectivity index (χ1) is 9.51. The zero-order valence-corrected chi connectivity index (χ0v) is 12.5. The van der Waals surface area contributed by atoms with Crippen LogP contribution in [-0.2, 0) is 15.1 Å². The Hall–Kier alpha value is -1.62. The number of nitrogens with one attached hydrogen (secondary N) is 1. The van der Waals surface area contributed by atoms with Gasteiger partial charge >= 0.3 is 5.97 Å². The minimum absolute atomic E-state index is 0.175. The highest BCUT2D eigenvalue weighted by atomic mass is 19.1. The Morgan fingerprint density at radius 2 is 2.10 bits per heavy atom. The summed E-state index contributed by atoms with van der Waals surface area (Å²) in [5.74, 6) is -0.690. The third-order valence-corrected chi connectivity index (χ3v) is 3.11. The molecule has 0 saturated carbocycles. The molecule has 0 saturated heterocycles. The zero-order valence-electron chi connectivity index (χ0n) is 12.5. The standard InChI is InChI=1S/C15H22FNO3/c1-5-10-17-15(3,14(18)20-6-2)13-11(16)8-7-9-12(13)19-4/h7-9,17H,5-6,10H2,1-4H3. The van der Waals surface area contributed by atoms with Gasteiger partial charge in [-0.1, -0.05) is 13.0 Å². The molecule has 1 atom stereocenters. The van der Waals surface area contributed by atoms with E-state index in [1.807, 2.05) is 6.92 Å². The molecule has 112 valence electrons. The number of benzene rings is 1.